The predicted octanol–water partition coefficient (Wildman–Crippen LogP) is 5.15. The number of hydrogen-bond acceptors (Lipinski definition) is 3. The summed E-state index contributed by atoms with van der Waals surface area (Å²) in [6.07, 6.45) is 0. The molecular weight excluding hydrogens is 382 g/mol. The first-order chi connectivity index (χ1) is 11.0. The van der Waals surface area contributed by atoms with Crippen molar-refractivity contribution in [3.63, 3.8) is 0 Å². The van der Waals surface area contributed by atoms with E-state index in [-0.39, 0.29) is 5.91 Å². The van der Waals surface area contributed by atoms with Crippen molar-refractivity contribution in [3.05, 3.63) is 51.5 Å². The summed E-state index contributed by atoms with van der Waals surface area (Å²) in [6, 6.07) is 10.4. The summed E-state index contributed by atoms with van der Waals surface area (Å²) in [5, 5.41) is 3.25. The van der Waals surface area contributed by atoms with E-state index in [4.69, 9.17) is 21.1 Å². The molecule has 0 spiro atoms. The number of carbonyl (C=O) groups is 1. The molecule has 0 saturated carbocycles. The third-order valence-electron chi connectivity index (χ3n) is 2.98. The maximum Gasteiger partial charge on any atom is 0.255 e. The molecular formula is C17H17BrClNO3. The average Bonchev–Trinajstić information content (AvgIpc) is 2.52. The molecule has 0 aliphatic rings. The number of benzene rings is 2. The molecule has 0 radical (unpaired) electrons. The zero-order chi connectivity index (χ0) is 16.8. The van der Waals surface area contributed by atoms with Crippen LogP contribution >= 0.6 is 27.5 Å². The third-order valence-corrected chi connectivity index (χ3v) is 3.79. The van der Waals surface area contributed by atoms with Gasteiger partial charge in [-0.2, -0.15) is 0 Å². The van der Waals surface area contributed by atoms with Gasteiger partial charge in [-0.05, 0) is 50.2 Å². The van der Waals surface area contributed by atoms with Gasteiger partial charge in [-0.15, -0.1) is 0 Å². The minimum absolute atomic E-state index is 0.266. The van der Waals surface area contributed by atoms with Crippen molar-refractivity contribution in [2.45, 2.75) is 13.8 Å². The Labute approximate surface area is 148 Å². The lowest BCUT2D eigenvalue weighted by molar-refractivity contribution is 0.102. The van der Waals surface area contributed by atoms with Gasteiger partial charge in [0.05, 0.1) is 23.9 Å². The average molecular weight is 399 g/mol. The Bertz CT molecular complexity index is 706. The SMILES string of the molecule is CCOc1ccc(C(=O)Nc2ccc(Br)cc2Cl)cc1OCC. The Hall–Kier alpha value is -1.72. The van der Waals surface area contributed by atoms with Gasteiger partial charge in [0.2, 0.25) is 0 Å². The molecule has 0 unspecified atom stereocenters. The molecule has 0 saturated heterocycles. The highest BCUT2D eigenvalue weighted by Gasteiger charge is 2.13. The van der Waals surface area contributed by atoms with Crippen LogP contribution in [0.2, 0.25) is 5.02 Å². The molecule has 6 heteroatoms. The Balaban J connectivity index is 2.23. The third kappa shape index (κ3) is 4.62. The van der Waals surface area contributed by atoms with E-state index in [9.17, 15) is 4.79 Å². The van der Waals surface area contributed by atoms with Gasteiger partial charge >= 0.3 is 0 Å². The van der Waals surface area contributed by atoms with Crippen LogP contribution in [0.1, 0.15) is 24.2 Å². The van der Waals surface area contributed by atoms with Gasteiger partial charge in [0.25, 0.3) is 5.91 Å². The van der Waals surface area contributed by atoms with Crippen LogP contribution in [0.15, 0.2) is 40.9 Å². The van der Waals surface area contributed by atoms with Crippen LogP contribution in [0, 0.1) is 0 Å². The highest BCUT2D eigenvalue weighted by Crippen LogP contribution is 2.30. The number of halogens is 2. The van der Waals surface area contributed by atoms with Gasteiger partial charge in [0.1, 0.15) is 0 Å². The lowest BCUT2D eigenvalue weighted by Gasteiger charge is -2.13. The van der Waals surface area contributed by atoms with Gasteiger partial charge in [-0.25, -0.2) is 0 Å². The summed E-state index contributed by atoms with van der Waals surface area (Å²) in [7, 11) is 0. The molecule has 0 aromatic heterocycles. The van der Waals surface area contributed by atoms with Crippen molar-refractivity contribution >= 4 is 39.1 Å². The molecule has 2 aromatic carbocycles. The van der Waals surface area contributed by atoms with Crippen molar-refractivity contribution in [3.8, 4) is 11.5 Å². The first-order valence-electron chi connectivity index (χ1n) is 7.21. The molecule has 122 valence electrons. The fraction of sp³-hybridized carbons (Fsp3) is 0.235. The molecule has 0 aliphatic heterocycles. The maximum atomic E-state index is 12.4. The lowest BCUT2D eigenvalue weighted by Crippen LogP contribution is -2.12. The summed E-state index contributed by atoms with van der Waals surface area (Å²) in [5.41, 5.74) is 1.02. The van der Waals surface area contributed by atoms with E-state index in [1.165, 1.54) is 0 Å². The Kier molecular flexibility index (Phi) is 6.30. The number of hydrogen-bond donors (Lipinski definition) is 1. The van der Waals surface area contributed by atoms with Crippen LogP contribution in [0.4, 0.5) is 5.69 Å². The Morgan fingerprint density at radius 1 is 1.09 bits per heavy atom. The fourth-order valence-corrected chi connectivity index (χ4v) is 2.70. The normalized spacial score (nSPS) is 10.3. The molecule has 23 heavy (non-hydrogen) atoms. The van der Waals surface area contributed by atoms with Crippen molar-refractivity contribution in [1.29, 1.82) is 0 Å². The summed E-state index contributed by atoms with van der Waals surface area (Å²) in [6.45, 7) is 4.79. The van der Waals surface area contributed by atoms with E-state index in [0.717, 1.165) is 4.47 Å². The van der Waals surface area contributed by atoms with Crippen LogP contribution in [0.25, 0.3) is 0 Å². The van der Waals surface area contributed by atoms with Crippen molar-refractivity contribution in [1.82, 2.24) is 0 Å². The summed E-state index contributed by atoms with van der Waals surface area (Å²) < 4.78 is 11.9. The molecule has 4 nitrogen and oxygen atoms in total. The van der Waals surface area contributed by atoms with E-state index in [1.54, 1.807) is 30.3 Å². The zero-order valence-electron chi connectivity index (χ0n) is 12.9. The zero-order valence-corrected chi connectivity index (χ0v) is 15.2. The highest BCUT2D eigenvalue weighted by atomic mass is 79.9. The van der Waals surface area contributed by atoms with Crippen LogP contribution < -0.4 is 14.8 Å². The number of carbonyl (C=O) groups excluding carboxylic acids is 1. The van der Waals surface area contributed by atoms with E-state index in [2.05, 4.69) is 21.2 Å². The molecule has 0 aliphatic carbocycles. The van der Waals surface area contributed by atoms with Gasteiger partial charge in [-0.1, -0.05) is 27.5 Å². The maximum absolute atomic E-state index is 12.4. The number of rotatable bonds is 6. The summed E-state index contributed by atoms with van der Waals surface area (Å²) >= 11 is 9.45. The number of nitrogens with one attached hydrogen (secondary N) is 1. The first kappa shape index (κ1) is 17.6. The van der Waals surface area contributed by atoms with E-state index < -0.39 is 0 Å². The largest absolute Gasteiger partial charge is 0.490 e. The number of ether oxygens (including phenoxy) is 2. The van der Waals surface area contributed by atoms with Crippen molar-refractivity contribution in [2.75, 3.05) is 18.5 Å². The van der Waals surface area contributed by atoms with Crippen molar-refractivity contribution < 1.29 is 14.3 Å². The smallest absolute Gasteiger partial charge is 0.255 e. The highest BCUT2D eigenvalue weighted by molar-refractivity contribution is 9.10. The molecule has 0 atom stereocenters. The van der Waals surface area contributed by atoms with E-state index in [0.29, 0.717) is 41.0 Å². The quantitative estimate of drug-likeness (QED) is 0.732. The second-order valence-corrected chi connectivity index (χ2v) is 5.93. The predicted molar refractivity (Wildman–Crippen MR) is 95.9 cm³/mol. The summed E-state index contributed by atoms with van der Waals surface area (Å²) in [4.78, 5) is 12.4. The molecule has 1 N–H and O–H groups in total. The van der Waals surface area contributed by atoms with Gasteiger partial charge in [0.15, 0.2) is 11.5 Å². The molecule has 0 fully saturated rings. The lowest BCUT2D eigenvalue weighted by atomic mass is 10.2. The van der Waals surface area contributed by atoms with Crippen molar-refractivity contribution in [2.24, 2.45) is 0 Å². The Morgan fingerprint density at radius 2 is 1.78 bits per heavy atom. The van der Waals surface area contributed by atoms with E-state index in [1.807, 2.05) is 19.9 Å². The number of amides is 1. The minimum Gasteiger partial charge on any atom is -0.490 e. The van der Waals surface area contributed by atoms with Gasteiger partial charge < -0.3 is 14.8 Å². The molecule has 2 rings (SSSR count). The monoisotopic (exact) mass is 397 g/mol. The van der Waals surface area contributed by atoms with E-state index >= 15 is 0 Å². The summed E-state index contributed by atoms with van der Waals surface area (Å²) in [5.74, 6) is 0.898. The second kappa shape index (κ2) is 8.22. The van der Waals surface area contributed by atoms with Crippen LogP contribution in [0.3, 0.4) is 0 Å². The molecule has 0 heterocycles. The molecule has 1 amide bonds. The molecule has 0 bridgehead atoms. The van der Waals surface area contributed by atoms with Gasteiger partial charge in [0, 0.05) is 10.0 Å². The molecule has 2 aromatic rings. The van der Waals surface area contributed by atoms with Crippen LogP contribution in [-0.4, -0.2) is 19.1 Å². The fourth-order valence-electron chi connectivity index (χ4n) is 1.98. The minimum atomic E-state index is -0.266. The topological polar surface area (TPSA) is 47.6 Å². The van der Waals surface area contributed by atoms with Crippen LogP contribution in [0.5, 0.6) is 11.5 Å². The Morgan fingerprint density at radius 3 is 2.43 bits per heavy atom. The standard InChI is InChI=1S/C17H17BrClNO3/c1-3-22-15-8-5-11(9-16(15)23-4-2)17(21)20-14-7-6-12(18)10-13(14)19/h5-10H,3-4H2,1-2H3,(H,20,21). The van der Waals surface area contributed by atoms with Gasteiger partial charge in [-0.3, -0.25) is 4.79 Å². The number of anilines is 1. The van der Waals surface area contributed by atoms with Crippen LogP contribution in [-0.2, 0) is 0 Å². The second-order valence-electron chi connectivity index (χ2n) is 4.61. The first-order valence-corrected chi connectivity index (χ1v) is 8.38.